The van der Waals surface area contributed by atoms with E-state index >= 15 is 0 Å². The summed E-state index contributed by atoms with van der Waals surface area (Å²) in [5.74, 6) is -6.95. The molecule has 0 saturated carbocycles. The second kappa shape index (κ2) is 12.0. The molecule has 0 atom stereocenters. The zero-order valence-corrected chi connectivity index (χ0v) is 19.5. The fourth-order valence-electron chi connectivity index (χ4n) is 3.17. The molecule has 1 aromatic heterocycles. The number of aromatic nitrogens is 2. The first kappa shape index (κ1) is 26.4. The van der Waals surface area contributed by atoms with Gasteiger partial charge in [-0.3, -0.25) is 9.59 Å². The molecule has 0 aliphatic heterocycles. The summed E-state index contributed by atoms with van der Waals surface area (Å²) in [7, 11) is 0. The van der Waals surface area contributed by atoms with E-state index in [9.17, 15) is 27.2 Å². The molecule has 1 heterocycles. The first-order valence-electron chi connectivity index (χ1n) is 11.0. The van der Waals surface area contributed by atoms with E-state index in [4.69, 9.17) is 0 Å². The summed E-state index contributed by atoms with van der Waals surface area (Å²) < 4.78 is 55.6. The number of carbonyl (C=O) groups is 2. The van der Waals surface area contributed by atoms with Gasteiger partial charge in [0.1, 0.15) is 17.2 Å². The van der Waals surface area contributed by atoms with Crippen molar-refractivity contribution in [3.05, 3.63) is 70.8 Å². The van der Waals surface area contributed by atoms with Crippen molar-refractivity contribution in [3.8, 4) is 11.4 Å². The van der Waals surface area contributed by atoms with Gasteiger partial charge >= 0.3 is 0 Å². The van der Waals surface area contributed by atoms with Crippen LogP contribution in [0.1, 0.15) is 22.8 Å². The third-order valence-corrected chi connectivity index (χ3v) is 4.99. The van der Waals surface area contributed by atoms with Gasteiger partial charge in [0.25, 0.3) is 5.91 Å². The van der Waals surface area contributed by atoms with Crippen molar-refractivity contribution in [1.29, 1.82) is 0 Å². The van der Waals surface area contributed by atoms with Gasteiger partial charge in [-0.25, -0.2) is 27.5 Å². The number of benzene rings is 2. The third kappa shape index (κ3) is 6.46. The molecule has 190 valence electrons. The normalized spacial score (nSPS) is 10.6. The molecule has 12 heteroatoms. The quantitative estimate of drug-likeness (QED) is 0.192. The topological polar surface area (TPSA) is 108 Å². The smallest absolute Gasteiger partial charge is 0.257 e. The first-order chi connectivity index (χ1) is 17.2. The van der Waals surface area contributed by atoms with Crippen molar-refractivity contribution in [2.24, 2.45) is 0 Å². The summed E-state index contributed by atoms with van der Waals surface area (Å²) in [6, 6.07) is 10.7. The largest absolute Gasteiger partial charge is 0.368 e. The van der Waals surface area contributed by atoms with Crippen LogP contribution in [0.2, 0.25) is 0 Å². The van der Waals surface area contributed by atoms with E-state index in [-0.39, 0.29) is 19.0 Å². The molecule has 8 nitrogen and oxygen atoms in total. The lowest BCUT2D eigenvalue weighted by Gasteiger charge is -2.13. The molecule has 2 amide bonds. The summed E-state index contributed by atoms with van der Waals surface area (Å²) in [5, 5.41) is 10.9. The van der Waals surface area contributed by atoms with Crippen LogP contribution in [0.15, 0.2) is 36.4 Å². The number of nitrogens with zero attached hydrogens (tertiary/aromatic N) is 2. The van der Waals surface area contributed by atoms with Crippen LogP contribution in [0.4, 0.5) is 29.2 Å². The number of rotatable bonds is 10. The molecule has 0 bridgehead atoms. The molecule has 0 saturated heterocycles. The number of anilines is 2. The number of carbonyl (C=O) groups excluding carboxylic acids is 2. The van der Waals surface area contributed by atoms with Gasteiger partial charge in [-0.15, -0.1) is 0 Å². The average molecular weight is 504 g/mol. The standard InChI is InChI=1S/C24H24F4N6O2/c1-13-19(25)21(27)18(22(28)20(13)26)24(36)32-11-10-31-17-12-16(30-9-8-29-14(2)35)33-23(34-17)15-6-4-3-5-7-15/h3-7,12H,8-11H2,1-2H3,(H,29,35)(H,32,36)(H2,30,31,33,34). The molecule has 3 aromatic rings. The Kier molecular flexibility index (Phi) is 8.76. The summed E-state index contributed by atoms with van der Waals surface area (Å²) in [6.07, 6.45) is 0. The molecule has 0 radical (unpaired) electrons. The molecular formula is C24H24F4N6O2. The highest BCUT2D eigenvalue weighted by Crippen LogP contribution is 2.23. The number of hydrogen-bond donors (Lipinski definition) is 4. The van der Waals surface area contributed by atoms with Gasteiger partial charge in [-0.05, 0) is 6.92 Å². The molecule has 0 unspecified atom stereocenters. The van der Waals surface area contributed by atoms with E-state index in [1.807, 2.05) is 30.3 Å². The minimum absolute atomic E-state index is 0.0718. The fraction of sp³-hybridized carbons (Fsp3) is 0.250. The van der Waals surface area contributed by atoms with Crippen LogP contribution in [-0.2, 0) is 4.79 Å². The van der Waals surface area contributed by atoms with Gasteiger partial charge < -0.3 is 21.3 Å². The Labute approximate surface area is 204 Å². The Balaban J connectivity index is 1.67. The highest BCUT2D eigenvalue weighted by molar-refractivity contribution is 5.95. The summed E-state index contributed by atoms with van der Waals surface area (Å²) >= 11 is 0. The maximum absolute atomic E-state index is 14.0. The lowest BCUT2D eigenvalue weighted by atomic mass is 10.1. The van der Waals surface area contributed by atoms with Gasteiger partial charge in [0.2, 0.25) is 5.91 Å². The van der Waals surface area contributed by atoms with Crippen LogP contribution in [0.3, 0.4) is 0 Å². The molecule has 0 aliphatic carbocycles. The van der Waals surface area contributed by atoms with Crippen molar-refractivity contribution in [3.63, 3.8) is 0 Å². The van der Waals surface area contributed by atoms with Crippen molar-refractivity contribution < 1.29 is 27.2 Å². The van der Waals surface area contributed by atoms with Crippen molar-refractivity contribution >= 4 is 23.5 Å². The van der Waals surface area contributed by atoms with Crippen LogP contribution in [0.5, 0.6) is 0 Å². The van der Waals surface area contributed by atoms with E-state index in [0.717, 1.165) is 12.5 Å². The molecule has 36 heavy (non-hydrogen) atoms. The molecule has 0 fully saturated rings. The van der Waals surface area contributed by atoms with E-state index in [1.165, 1.54) is 6.92 Å². The first-order valence-corrected chi connectivity index (χ1v) is 11.0. The van der Waals surface area contributed by atoms with Crippen molar-refractivity contribution in [2.75, 3.05) is 36.8 Å². The molecule has 2 aromatic carbocycles. The van der Waals surface area contributed by atoms with E-state index in [1.54, 1.807) is 6.07 Å². The third-order valence-electron chi connectivity index (χ3n) is 4.99. The van der Waals surface area contributed by atoms with Crippen LogP contribution >= 0.6 is 0 Å². The molecular weight excluding hydrogens is 480 g/mol. The minimum atomic E-state index is -1.75. The Morgan fingerprint density at radius 2 is 1.31 bits per heavy atom. The highest BCUT2D eigenvalue weighted by atomic mass is 19.2. The zero-order chi connectivity index (χ0) is 26.2. The lowest BCUT2D eigenvalue weighted by molar-refractivity contribution is -0.118. The van der Waals surface area contributed by atoms with Gasteiger partial charge in [0.15, 0.2) is 29.1 Å². The second-order valence-corrected chi connectivity index (χ2v) is 7.68. The Morgan fingerprint density at radius 1 is 0.778 bits per heavy atom. The van der Waals surface area contributed by atoms with Crippen LogP contribution in [-0.4, -0.2) is 48.0 Å². The molecule has 3 rings (SSSR count). The van der Waals surface area contributed by atoms with Crippen molar-refractivity contribution in [1.82, 2.24) is 20.6 Å². The lowest BCUT2D eigenvalue weighted by Crippen LogP contribution is -2.31. The summed E-state index contributed by atoms with van der Waals surface area (Å²) in [4.78, 5) is 32.1. The Morgan fingerprint density at radius 3 is 1.83 bits per heavy atom. The summed E-state index contributed by atoms with van der Waals surface area (Å²) in [6.45, 7) is 3.00. The number of amides is 2. The van der Waals surface area contributed by atoms with Gasteiger partial charge in [-0.1, -0.05) is 30.3 Å². The highest BCUT2D eigenvalue weighted by Gasteiger charge is 2.27. The Hall–Kier alpha value is -4.22. The van der Waals surface area contributed by atoms with E-state index < -0.39 is 40.3 Å². The van der Waals surface area contributed by atoms with E-state index in [2.05, 4.69) is 31.2 Å². The predicted molar refractivity (Wildman–Crippen MR) is 126 cm³/mol. The Bertz CT molecular complexity index is 1230. The fourth-order valence-corrected chi connectivity index (χ4v) is 3.17. The van der Waals surface area contributed by atoms with Gasteiger partial charge in [0, 0.05) is 50.3 Å². The van der Waals surface area contributed by atoms with Crippen LogP contribution in [0.25, 0.3) is 11.4 Å². The van der Waals surface area contributed by atoms with Crippen molar-refractivity contribution in [2.45, 2.75) is 13.8 Å². The van der Waals surface area contributed by atoms with Gasteiger partial charge in [-0.2, -0.15) is 0 Å². The monoisotopic (exact) mass is 504 g/mol. The van der Waals surface area contributed by atoms with Gasteiger partial charge in [0.05, 0.1) is 0 Å². The molecule has 0 aliphatic rings. The summed E-state index contributed by atoms with van der Waals surface area (Å²) in [5.41, 5.74) is -1.42. The second-order valence-electron chi connectivity index (χ2n) is 7.68. The SMILES string of the molecule is CC(=O)NCCNc1cc(NCCNC(=O)c2c(F)c(F)c(C)c(F)c2F)nc(-c2ccccc2)n1. The predicted octanol–water partition coefficient (Wildman–Crippen LogP) is 3.40. The average Bonchev–Trinajstić information content (AvgIpc) is 2.87. The molecule has 0 spiro atoms. The van der Waals surface area contributed by atoms with Crippen LogP contribution in [0, 0.1) is 30.2 Å². The maximum atomic E-state index is 14.0. The van der Waals surface area contributed by atoms with Crippen LogP contribution < -0.4 is 21.3 Å². The van der Waals surface area contributed by atoms with E-state index in [0.29, 0.717) is 30.5 Å². The number of nitrogens with one attached hydrogen (secondary N) is 4. The zero-order valence-electron chi connectivity index (χ0n) is 19.5. The number of halogens is 4. The minimum Gasteiger partial charge on any atom is -0.368 e. The maximum Gasteiger partial charge on any atom is 0.257 e. The number of hydrogen-bond acceptors (Lipinski definition) is 6. The molecule has 4 N–H and O–H groups in total.